The summed E-state index contributed by atoms with van der Waals surface area (Å²) < 4.78 is 50.0. The molecule has 2 aromatic carbocycles. The number of carbonyl (C=O) groups excluding carboxylic acids is 3. The van der Waals surface area contributed by atoms with E-state index < -0.39 is 111 Å². The second kappa shape index (κ2) is 12.8. The molecule has 16 atom stereocenters. The van der Waals surface area contributed by atoms with Gasteiger partial charge in [-0.3, -0.25) is 0 Å². The van der Waals surface area contributed by atoms with Crippen LogP contribution in [0, 0.1) is 34.0 Å². The molecule has 1 spiro atoms. The van der Waals surface area contributed by atoms with Crippen molar-refractivity contribution in [1.82, 2.24) is 0 Å². The molecule has 312 valence electrons. The molecule has 0 unspecified atom stereocenters. The molecular formula is C45H48O14. The zero-order valence-corrected chi connectivity index (χ0v) is 33.1. The zero-order chi connectivity index (χ0) is 41.4. The van der Waals surface area contributed by atoms with E-state index in [0.717, 1.165) is 18.2 Å². The first-order valence-electron chi connectivity index (χ1n) is 20.2. The van der Waals surface area contributed by atoms with Crippen LogP contribution in [0.1, 0.15) is 44.7 Å². The summed E-state index contributed by atoms with van der Waals surface area (Å²) in [5.74, 6) is -8.02. The summed E-state index contributed by atoms with van der Waals surface area (Å²) in [6.45, 7) is 5.12. The number of hydrogen-bond acceptors (Lipinski definition) is 14. The van der Waals surface area contributed by atoms with Crippen molar-refractivity contribution in [2.24, 2.45) is 34.0 Å². The van der Waals surface area contributed by atoms with Crippen molar-refractivity contribution >= 4 is 30.1 Å². The van der Waals surface area contributed by atoms with Gasteiger partial charge in [-0.15, -0.1) is 0 Å². The van der Waals surface area contributed by atoms with Gasteiger partial charge in [-0.1, -0.05) is 74.5 Å². The maximum atomic E-state index is 14.1. The summed E-state index contributed by atoms with van der Waals surface area (Å²) >= 11 is 0. The minimum Gasteiger partial charge on any atom is -0.469 e. The van der Waals surface area contributed by atoms with E-state index in [4.69, 9.17) is 37.9 Å². The standard InChI is InChI=1S/C45H48O14/c1-39-23-54-33-34(39)42(29(57-32(47)18-16-26-13-9-6-10-14-26)22-28(39)56-31(46)17-15-25-11-7-5-8-12-25)24-55-44(51,37(49)52-4)36(42)40(2,35(33)48)45-30-21-27(41(45,3)59-45)43(50)19-20-53-38(43)58-30/h5-20,27-30,33-36,38,48,50-51H,21-24H2,1-4H3/t27-,28-,29+,30+,33-,34-,35-,36+,38+,39-,40-,41+,42+,43+,44+,45+/m1/s1. The Bertz CT molecular complexity index is 2160. The summed E-state index contributed by atoms with van der Waals surface area (Å²) in [6, 6.07) is 18.5. The number of epoxide rings is 1. The number of esters is 3. The third kappa shape index (κ3) is 4.84. The Hall–Kier alpha value is -4.41. The van der Waals surface area contributed by atoms with E-state index >= 15 is 0 Å². The molecule has 0 amide bonds. The minimum atomic E-state index is -2.72. The van der Waals surface area contributed by atoms with Crippen molar-refractivity contribution in [3.8, 4) is 0 Å². The maximum absolute atomic E-state index is 14.1. The Kier molecular flexibility index (Phi) is 8.41. The molecule has 5 heterocycles. The molecule has 2 aromatic rings. The lowest BCUT2D eigenvalue weighted by Gasteiger charge is -2.66. The number of fused-ring (bicyclic) bond motifs is 7. The average molecular weight is 813 g/mol. The van der Waals surface area contributed by atoms with Crippen LogP contribution in [-0.2, 0) is 52.3 Å². The van der Waals surface area contributed by atoms with Crippen LogP contribution in [0.4, 0.5) is 0 Å². The van der Waals surface area contributed by atoms with Crippen molar-refractivity contribution < 1.29 is 67.6 Å². The fourth-order valence-corrected chi connectivity index (χ4v) is 13.3. The smallest absolute Gasteiger partial charge is 0.366 e. The molecule has 59 heavy (non-hydrogen) atoms. The third-order valence-electron chi connectivity index (χ3n) is 15.6. The summed E-state index contributed by atoms with van der Waals surface area (Å²) in [5.41, 5.74) is -6.90. The van der Waals surface area contributed by atoms with E-state index in [9.17, 15) is 29.7 Å². The number of aliphatic hydroxyl groups excluding tert-OH is 1. The fourth-order valence-electron chi connectivity index (χ4n) is 13.3. The Balaban J connectivity index is 1.11. The molecule has 10 rings (SSSR count). The van der Waals surface area contributed by atoms with Gasteiger partial charge >= 0.3 is 17.9 Å². The number of rotatable bonds is 8. The first-order valence-corrected chi connectivity index (χ1v) is 20.2. The van der Waals surface area contributed by atoms with E-state index in [0.29, 0.717) is 6.42 Å². The van der Waals surface area contributed by atoms with Crippen LogP contribution in [0.25, 0.3) is 12.2 Å². The second-order valence-corrected chi connectivity index (χ2v) is 18.1. The largest absolute Gasteiger partial charge is 0.469 e. The number of ether oxygens (including phenoxy) is 8. The van der Waals surface area contributed by atoms with Gasteiger partial charge in [0.1, 0.15) is 23.4 Å². The van der Waals surface area contributed by atoms with Gasteiger partial charge in [0.25, 0.3) is 5.79 Å². The molecule has 4 saturated heterocycles. The van der Waals surface area contributed by atoms with Crippen LogP contribution >= 0.6 is 0 Å². The highest BCUT2D eigenvalue weighted by Crippen LogP contribution is 2.83. The number of methoxy groups -OCH3 is 1. The highest BCUT2D eigenvalue weighted by atomic mass is 16.7. The van der Waals surface area contributed by atoms with Crippen LogP contribution < -0.4 is 0 Å². The van der Waals surface area contributed by atoms with Crippen molar-refractivity contribution in [1.29, 1.82) is 0 Å². The van der Waals surface area contributed by atoms with Gasteiger partial charge < -0.3 is 53.2 Å². The molecule has 0 aromatic heterocycles. The Morgan fingerprint density at radius 2 is 1.47 bits per heavy atom. The van der Waals surface area contributed by atoms with E-state index in [1.165, 1.54) is 18.4 Å². The van der Waals surface area contributed by atoms with Gasteiger partial charge in [-0.25, -0.2) is 14.4 Å². The lowest BCUT2D eigenvalue weighted by Crippen LogP contribution is -2.78. The van der Waals surface area contributed by atoms with Crippen LogP contribution in [0.3, 0.4) is 0 Å². The van der Waals surface area contributed by atoms with E-state index in [1.54, 1.807) is 25.2 Å². The van der Waals surface area contributed by atoms with E-state index in [-0.39, 0.29) is 19.6 Å². The molecule has 5 aliphatic heterocycles. The predicted octanol–water partition coefficient (Wildman–Crippen LogP) is 3.08. The molecule has 7 fully saturated rings. The zero-order valence-electron chi connectivity index (χ0n) is 33.1. The molecule has 14 heteroatoms. The normalized spacial score (nSPS) is 48.2. The molecule has 2 bridgehead atoms. The molecule has 0 radical (unpaired) electrons. The monoisotopic (exact) mass is 812 g/mol. The van der Waals surface area contributed by atoms with Crippen molar-refractivity contribution in [3.63, 3.8) is 0 Å². The molecule has 3 N–H and O–H groups in total. The van der Waals surface area contributed by atoms with Crippen molar-refractivity contribution in [2.75, 3.05) is 20.3 Å². The fraction of sp³-hybridized carbons (Fsp3) is 0.533. The van der Waals surface area contributed by atoms with Gasteiger partial charge in [0.05, 0.1) is 44.9 Å². The van der Waals surface area contributed by atoms with Crippen LogP contribution in [0.5, 0.6) is 0 Å². The highest BCUT2D eigenvalue weighted by molar-refractivity contribution is 5.88. The maximum Gasteiger partial charge on any atom is 0.366 e. The Morgan fingerprint density at radius 1 is 0.847 bits per heavy atom. The lowest BCUT2D eigenvalue weighted by atomic mass is 9.37. The van der Waals surface area contributed by atoms with Crippen LogP contribution in [0.2, 0.25) is 0 Å². The summed E-state index contributed by atoms with van der Waals surface area (Å²) in [4.78, 5) is 41.8. The van der Waals surface area contributed by atoms with Crippen LogP contribution in [-0.4, -0.2) is 113 Å². The lowest BCUT2D eigenvalue weighted by molar-refractivity contribution is -0.314. The van der Waals surface area contributed by atoms with E-state index in [1.807, 2.05) is 74.5 Å². The Morgan fingerprint density at radius 3 is 2.10 bits per heavy atom. The van der Waals surface area contributed by atoms with Gasteiger partial charge in [-0.2, -0.15) is 0 Å². The number of aliphatic hydroxyl groups is 3. The van der Waals surface area contributed by atoms with Gasteiger partial charge in [0.15, 0.2) is 5.60 Å². The summed E-state index contributed by atoms with van der Waals surface area (Å²) in [6.07, 6.45) is 2.56. The SMILES string of the molecule is COC(=O)[C@@]1(O)OC[C@]23[C@@H](OC(=O)C=Cc4ccccc4)C[C@@H](OC(=O)C=Cc4ccccc4)[C@@]4(C)CO[C@H]([C@H]42)[C@@H](O)[C@@](C)([C@]24O[C@@]2(C)[C@H]2C[C@@H]4O[C@@H]4OC=C[C@@]42O)[C@@H]31. The number of benzene rings is 2. The Labute approximate surface area is 340 Å². The topological polar surface area (TPSA) is 189 Å². The molecule has 3 aliphatic carbocycles. The van der Waals surface area contributed by atoms with E-state index in [2.05, 4.69) is 0 Å². The van der Waals surface area contributed by atoms with Crippen LogP contribution in [0.15, 0.2) is 85.2 Å². The molecule has 14 nitrogen and oxygen atoms in total. The van der Waals surface area contributed by atoms with Crippen molar-refractivity contribution in [2.45, 2.75) is 93.0 Å². The second-order valence-electron chi connectivity index (χ2n) is 18.1. The number of carbonyl (C=O) groups is 3. The first-order chi connectivity index (χ1) is 28.1. The highest BCUT2D eigenvalue weighted by Gasteiger charge is 2.96. The molecule has 3 saturated carbocycles. The van der Waals surface area contributed by atoms with Crippen molar-refractivity contribution in [3.05, 3.63) is 96.3 Å². The average Bonchev–Trinajstić information content (AvgIpc) is 3.55. The van der Waals surface area contributed by atoms with Gasteiger partial charge in [0, 0.05) is 52.6 Å². The molecular weight excluding hydrogens is 764 g/mol. The quantitative estimate of drug-likeness (QED) is 0.153. The van der Waals surface area contributed by atoms with Gasteiger partial charge in [0.2, 0.25) is 6.29 Å². The minimum absolute atomic E-state index is 0.00363. The van der Waals surface area contributed by atoms with Gasteiger partial charge in [-0.05, 0) is 42.7 Å². The number of hydrogen-bond donors (Lipinski definition) is 3. The third-order valence-corrected chi connectivity index (χ3v) is 15.6. The predicted molar refractivity (Wildman–Crippen MR) is 204 cm³/mol. The summed E-state index contributed by atoms with van der Waals surface area (Å²) in [7, 11) is 1.13. The molecule has 8 aliphatic rings. The summed E-state index contributed by atoms with van der Waals surface area (Å²) in [5, 5.41) is 37.9. The first kappa shape index (κ1) is 38.8.